The van der Waals surface area contributed by atoms with E-state index in [-0.39, 0.29) is 5.97 Å². The number of rotatable bonds is 5. The van der Waals surface area contributed by atoms with Gasteiger partial charge in [0.25, 0.3) is 0 Å². The van der Waals surface area contributed by atoms with E-state index < -0.39 is 0 Å². The summed E-state index contributed by atoms with van der Waals surface area (Å²) in [4.78, 5) is 10.8. The van der Waals surface area contributed by atoms with Crippen molar-refractivity contribution in [3.05, 3.63) is 34.3 Å². The monoisotopic (exact) mass is 289 g/mol. The fraction of sp³-hybridized carbons (Fsp3) is 0.300. The lowest BCUT2D eigenvalue weighted by atomic mass is 10.2. The number of hydrogen-bond acceptors (Lipinski definition) is 4. The van der Waals surface area contributed by atoms with E-state index in [2.05, 4.69) is 25.4 Å². The minimum absolute atomic E-state index is 0.221. The molecule has 82 valence electrons. The maximum absolute atomic E-state index is 10.8. The molecule has 1 aromatic rings. The molecule has 0 bridgehead atoms. The molecule has 1 aromatic carbocycles. The van der Waals surface area contributed by atoms with Crippen molar-refractivity contribution in [2.75, 3.05) is 12.9 Å². The summed E-state index contributed by atoms with van der Waals surface area (Å²) in [6.07, 6.45) is 0. The molecule has 0 atom stereocenters. The number of esters is 1. The zero-order chi connectivity index (χ0) is 11.1. The van der Waals surface area contributed by atoms with Crippen molar-refractivity contribution in [3.63, 3.8) is 0 Å². The SMILES string of the molecule is COC(=O)CSNCc1cccc(Br)c1. The van der Waals surface area contributed by atoms with E-state index in [1.165, 1.54) is 24.6 Å². The van der Waals surface area contributed by atoms with Crippen molar-refractivity contribution >= 4 is 33.8 Å². The summed E-state index contributed by atoms with van der Waals surface area (Å²) in [5.74, 6) is 0.103. The number of methoxy groups -OCH3 is 1. The van der Waals surface area contributed by atoms with Crippen LogP contribution in [-0.4, -0.2) is 18.8 Å². The summed E-state index contributed by atoms with van der Waals surface area (Å²) in [5.41, 5.74) is 1.17. The maximum Gasteiger partial charge on any atom is 0.316 e. The molecule has 0 spiro atoms. The van der Waals surface area contributed by atoms with Crippen molar-refractivity contribution in [3.8, 4) is 0 Å². The second-order valence-corrected chi connectivity index (χ2v) is 4.60. The van der Waals surface area contributed by atoms with Gasteiger partial charge in [-0.25, -0.2) is 0 Å². The van der Waals surface area contributed by atoms with Crippen LogP contribution in [0.25, 0.3) is 0 Å². The molecule has 0 amide bonds. The largest absolute Gasteiger partial charge is 0.468 e. The van der Waals surface area contributed by atoms with Gasteiger partial charge in [-0.15, -0.1) is 0 Å². The summed E-state index contributed by atoms with van der Waals surface area (Å²) in [6, 6.07) is 8.01. The van der Waals surface area contributed by atoms with Gasteiger partial charge in [-0.05, 0) is 17.7 Å². The van der Waals surface area contributed by atoms with E-state index >= 15 is 0 Å². The van der Waals surface area contributed by atoms with E-state index in [0.717, 1.165) is 11.0 Å². The topological polar surface area (TPSA) is 38.3 Å². The first-order valence-corrected chi connectivity index (χ1v) is 6.16. The van der Waals surface area contributed by atoms with Crippen LogP contribution in [-0.2, 0) is 16.1 Å². The van der Waals surface area contributed by atoms with Crippen LogP contribution in [0.4, 0.5) is 0 Å². The van der Waals surface area contributed by atoms with Crippen LogP contribution in [0.15, 0.2) is 28.7 Å². The summed E-state index contributed by atoms with van der Waals surface area (Å²) in [6.45, 7) is 0.723. The molecule has 0 unspecified atom stereocenters. The van der Waals surface area contributed by atoms with Crippen molar-refractivity contribution in [1.82, 2.24) is 4.72 Å². The molecule has 1 N–H and O–H groups in total. The third-order valence-electron chi connectivity index (χ3n) is 1.69. The Morgan fingerprint density at radius 2 is 2.40 bits per heavy atom. The second-order valence-electron chi connectivity index (χ2n) is 2.82. The van der Waals surface area contributed by atoms with Crippen LogP contribution < -0.4 is 4.72 Å². The standard InChI is InChI=1S/C10H12BrNO2S/c1-14-10(13)7-15-12-6-8-3-2-4-9(11)5-8/h2-5,12H,6-7H2,1H3. The smallest absolute Gasteiger partial charge is 0.316 e. The molecule has 5 heteroatoms. The van der Waals surface area contributed by atoms with E-state index in [4.69, 9.17) is 0 Å². The van der Waals surface area contributed by atoms with Gasteiger partial charge < -0.3 is 4.74 Å². The molecular formula is C10H12BrNO2S. The van der Waals surface area contributed by atoms with Gasteiger partial charge in [0.15, 0.2) is 0 Å². The van der Waals surface area contributed by atoms with Gasteiger partial charge in [0, 0.05) is 11.0 Å². The quantitative estimate of drug-likeness (QED) is 0.513. The lowest BCUT2D eigenvalue weighted by Crippen LogP contribution is -2.10. The number of nitrogens with one attached hydrogen (secondary N) is 1. The molecular weight excluding hydrogens is 278 g/mol. The highest BCUT2D eigenvalue weighted by atomic mass is 79.9. The number of carbonyl (C=O) groups excluding carboxylic acids is 1. The Bertz CT molecular complexity index is 333. The van der Waals surface area contributed by atoms with Gasteiger partial charge in [0.1, 0.15) is 5.75 Å². The Kier molecular flexibility index (Phi) is 5.75. The number of carbonyl (C=O) groups is 1. The average molecular weight is 290 g/mol. The summed E-state index contributed by atoms with van der Waals surface area (Å²) < 4.78 is 8.66. The Morgan fingerprint density at radius 1 is 1.60 bits per heavy atom. The average Bonchev–Trinajstić information content (AvgIpc) is 2.24. The molecule has 0 radical (unpaired) electrons. The van der Waals surface area contributed by atoms with Crippen LogP contribution in [0.3, 0.4) is 0 Å². The van der Waals surface area contributed by atoms with Crippen molar-refractivity contribution < 1.29 is 9.53 Å². The first-order chi connectivity index (χ1) is 7.22. The van der Waals surface area contributed by atoms with E-state index in [0.29, 0.717) is 5.75 Å². The fourth-order valence-corrected chi connectivity index (χ4v) is 2.00. The minimum Gasteiger partial charge on any atom is -0.468 e. The Balaban J connectivity index is 2.23. The Hall–Kier alpha value is -0.520. The molecule has 0 saturated heterocycles. The van der Waals surface area contributed by atoms with Crippen LogP contribution in [0.2, 0.25) is 0 Å². The molecule has 1 rings (SSSR count). The lowest BCUT2D eigenvalue weighted by molar-refractivity contribution is -0.137. The van der Waals surface area contributed by atoms with Crippen LogP contribution in [0, 0.1) is 0 Å². The molecule has 0 aliphatic carbocycles. The molecule has 0 aromatic heterocycles. The highest BCUT2D eigenvalue weighted by Gasteiger charge is 1.99. The lowest BCUT2D eigenvalue weighted by Gasteiger charge is -2.03. The predicted molar refractivity (Wildman–Crippen MR) is 65.5 cm³/mol. The van der Waals surface area contributed by atoms with Crippen molar-refractivity contribution in [2.45, 2.75) is 6.54 Å². The van der Waals surface area contributed by atoms with Gasteiger partial charge in [0.2, 0.25) is 0 Å². The summed E-state index contributed by atoms with van der Waals surface area (Å²) in [5, 5.41) is 0. The number of hydrogen-bond donors (Lipinski definition) is 1. The third-order valence-corrected chi connectivity index (χ3v) is 2.91. The fourth-order valence-electron chi connectivity index (χ4n) is 0.950. The minimum atomic E-state index is -0.221. The maximum atomic E-state index is 10.8. The van der Waals surface area contributed by atoms with Crippen molar-refractivity contribution in [2.24, 2.45) is 0 Å². The summed E-state index contributed by atoms with van der Waals surface area (Å²) >= 11 is 4.74. The van der Waals surface area contributed by atoms with Gasteiger partial charge >= 0.3 is 5.97 Å². The van der Waals surface area contributed by atoms with Crippen LogP contribution in [0.5, 0.6) is 0 Å². The molecule has 3 nitrogen and oxygen atoms in total. The van der Waals surface area contributed by atoms with E-state index in [1.54, 1.807) is 0 Å². The Labute approximate surface area is 102 Å². The molecule has 0 heterocycles. The number of halogens is 1. The highest BCUT2D eigenvalue weighted by molar-refractivity contribution is 9.10. The zero-order valence-electron chi connectivity index (χ0n) is 8.33. The van der Waals surface area contributed by atoms with Gasteiger partial charge in [-0.3, -0.25) is 9.52 Å². The number of benzene rings is 1. The molecule has 0 aliphatic heterocycles. The predicted octanol–water partition coefficient (Wildman–Crippen LogP) is 2.36. The first-order valence-electron chi connectivity index (χ1n) is 4.38. The Morgan fingerprint density at radius 3 is 3.07 bits per heavy atom. The van der Waals surface area contributed by atoms with Crippen LogP contribution in [0.1, 0.15) is 5.56 Å². The molecule has 0 aliphatic rings. The van der Waals surface area contributed by atoms with Gasteiger partial charge in [-0.2, -0.15) is 0 Å². The zero-order valence-corrected chi connectivity index (χ0v) is 10.7. The van der Waals surface area contributed by atoms with Gasteiger partial charge in [0.05, 0.1) is 7.11 Å². The third kappa shape index (κ3) is 5.20. The molecule has 0 saturated carbocycles. The van der Waals surface area contributed by atoms with E-state index in [9.17, 15) is 4.79 Å². The molecule has 15 heavy (non-hydrogen) atoms. The van der Waals surface area contributed by atoms with Crippen molar-refractivity contribution in [1.29, 1.82) is 0 Å². The number of ether oxygens (including phenoxy) is 1. The second kappa shape index (κ2) is 6.87. The molecule has 0 fully saturated rings. The van der Waals surface area contributed by atoms with E-state index in [1.807, 2.05) is 24.3 Å². The highest BCUT2D eigenvalue weighted by Crippen LogP contribution is 2.11. The summed E-state index contributed by atoms with van der Waals surface area (Å²) in [7, 11) is 1.39. The normalized spacial score (nSPS) is 10.0. The van der Waals surface area contributed by atoms with Gasteiger partial charge in [-0.1, -0.05) is 40.0 Å². The first kappa shape index (κ1) is 12.5. The van der Waals surface area contributed by atoms with Crippen LogP contribution >= 0.6 is 27.9 Å².